The highest BCUT2D eigenvalue weighted by atomic mass is 32.2. The number of aryl methyl sites for hydroxylation is 2. The van der Waals surface area contributed by atoms with Gasteiger partial charge in [0.15, 0.2) is 0 Å². The van der Waals surface area contributed by atoms with Crippen molar-refractivity contribution in [3.63, 3.8) is 0 Å². The predicted octanol–water partition coefficient (Wildman–Crippen LogP) is 5.55. The highest BCUT2D eigenvalue weighted by Gasteiger charge is 2.20. The first-order chi connectivity index (χ1) is 15.0. The van der Waals surface area contributed by atoms with Gasteiger partial charge in [-0.3, -0.25) is 4.79 Å². The van der Waals surface area contributed by atoms with Gasteiger partial charge < -0.3 is 10.1 Å². The number of anilines is 1. The van der Waals surface area contributed by atoms with Gasteiger partial charge in [0, 0.05) is 15.1 Å². The second kappa shape index (κ2) is 9.17. The van der Waals surface area contributed by atoms with E-state index in [1.807, 2.05) is 37.3 Å². The molecule has 0 saturated carbocycles. The van der Waals surface area contributed by atoms with Gasteiger partial charge in [0.25, 0.3) is 0 Å². The second-order valence-corrected chi connectivity index (χ2v) is 9.91. The zero-order valence-corrected chi connectivity index (χ0v) is 19.5. The van der Waals surface area contributed by atoms with Gasteiger partial charge in [0.1, 0.15) is 21.2 Å². The van der Waals surface area contributed by atoms with Gasteiger partial charge in [0.2, 0.25) is 5.91 Å². The van der Waals surface area contributed by atoms with Crippen molar-refractivity contribution in [2.75, 3.05) is 18.2 Å². The number of carbonyl (C=O) groups is 2. The molecule has 3 heterocycles. The molecule has 0 saturated heterocycles. The predicted molar refractivity (Wildman–Crippen MR) is 127 cm³/mol. The molecule has 0 spiro atoms. The molecule has 6 nitrogen and oxygen atoms in total. The summed E-state index contributed by atoms with van der Waals surface area (Å²) in [5.41, 5.74) is 2.46. The Morgan fingerprint density at radius 1 is 1.13 bits per heavy atom. The summed E-state index contributed by atoms with van der Waals surface area (Å²) >= 11 is 4.33. The van der Waals surface area contributed by atoms with E-state index < -0.39 is 5.97 Å². The van der Waals surface area contributed by atoms with E-state index in [4.69, 9.17) is 4.74 Å². The van der Waals surface area contributed by atoms with Crippen LogP contribution in [0.4, 0.5) is 5.00 Å². The van der Waals surface area contributed by atoms with Crippen LogP contribution in [0.5, 0.6) is 0 Å². The van der Waals surface area contributed by atoms with E-state index in [0.29, 0.717) is 10.6 Å². The maximum Gasteiger partial charge on any atom is 0.340 e. The van der Waals surface area contributed by atoms with Gasteiger partial charge >= 0.3 is 5.97 Å². The van der Waals surface area contributed by atoms with Crippen molar-refractivity contribution in [2.24, 2.45) is 0 Å². The molecule has 0 aliphatic carbocycles. The van der Waals surface area contributed by atoms with E-state index in [2.05, 4.69) is 22.2 Å². The Morgan fingerprint density at radius 2 is 1.90 bits per heavy atom. The van der Waals surface area contributed by atoms with Gasteiger partial charge in [-0.25, -0.2) is 14.8 Å². The lowest BCUT2D eigenvalue weighted by molar-refractivity contribution is -0.113. The Labute approximate surface area is 191 Å². The third-order valence-electron chi connectivity index (χ3n) is 4.72. The number of esters is 1. The molecular formula is C22H19N3O3S3. The number of methoxy groups -OCH3 is 1. The van der Waals surface area contributed by atoms with Gasteiger partial charge in [-0.1, -0.05) is 42.1 Å². The van der Waals surface area contributed by atoms with Gasteiger partial charge in [-0.2, -0.15) is 0 Å². The number of ether oxygens (including phenoxy) is 1. The van der Waals surface area contributed by atoms with E-state index in [1.165, 1.54) is 41.4 Å². The molecule has 4 rings (SSSR count). The lowest BCUT2D eigenvalue weighted by atomic mass is 10.1. The topological polar surface area (TPSA) is 81.2 Å². The van der Waals surface area contributed by atoms with Crippen LogP contribution in [0, 0.1) is 13.8 Å². The number of hydrogen-bond donors (Lipinski definition) is 1. The largest absolute Gasteiger partial charge is 0.465 e. The number of benzene rings is 1. The van der Waals surface area contributed by atoms with Crippen LogP contribution in [0.15, 0.2) is 47.8 Å². The van der Waals surface area contributed by atoms with Crippen molar-refractivity contribution in [2.45, 2.75) is 18.9 Å². The maximum atomic E-state index is 12.7. The number of thioether (sulfide) groups is 1. The van der Waals surface area contributed by atoms with Crippen molar-refractivity contribution in [3.8, 4) is 10.4 Å². The van der Waals surface area contributed by atoms with E-state index in [1.54, 1.807) is 17.4 Å². The summed E-state index contributed by atoms with van der Waals surface area (Å²) in [7, 11) is 1.33. The van der Waals surface area contributed by atoms with Crippen LogP contribution >= 0.6 is 34.4 Å². The molecular weight excluding hydrogens is 450 g/mol. The number of fused-ring (bicyclic) bond motifs is 1. The monoisotopic (exact) mass is 469 g/mol. The fourth-order valence-corrected chi connectivity index (χ4v) is 6.03. The molecule has 4 aromatic rings. The molecule has 158 valence electrons. The summed E-state index contributed by atoms with van der Waals surface area (Å²) in [6.45, 7) is 4.10. The molecule has 3 aromatic heterocycles. The lowest BCUT2D eigenvalue weighted by Gasteiger charge is -2.06. The Bertz CT molecular complexity index is 1270. The number of aromatic nitrogens is 2. The minimum Gasteiger partial charge on any atom is -0.465 e. The maximum absolute atomic E-state index is 12.7. The van der Waals surface area contributed by atoms with Gasteiger partial charge in [0.05, 0.1) is 18.4 Å². The quantitative estimate of drug-likeness (QED) is 0.226. The number of amides is 1. The molecule has 1 N–H and O–H groups in total. The molecule has 0 unspecified atom stereocenters. The number of thiophene rings is 2. The Balaban J connectivity index is 1.54. The first kappa shape index (κ1) is 21.5. The molecule has 1 amide bonds. The number of rotatable bonds is 6. The van der Waals surface area contributed by atoms with E-state index in [9.17, 15) is 9.59 Å². The molecule has 9 heteroatoms. The Morgan fingerprint density at radius 3 is 2.65 bits per heavy atom. The minimum absolute atomic E-state index is 0.166. The molecule has 0 radical (unpaired) electrons. The van der Waals surface area contributed by atoms with Crippen LogP contribution < -0.4 is 5.32 Å². The van der Waals surface area contributed by atoms with Crippen LogP contribution in [0.3, 0.4) is 0 Å². The lowest BCUT2D eigenvalue weighted by Crippen LogP contribution is -2.15. The first-order valence-electron chi connectivity index (χ1n) is 9.39. The van der Waals surface area contributed by atoms with Gasteiger partial charge in [-0.05, 0) is 31.0 Å². The van der Waals surface area contributed by atoms with Crippen molar-refractivity contribution in [1.82, 2.24) is 9.97 Å². The number of carbonyl (C=O) groups excluding carboxylic acids is 2. The average Bonchev–Trinajstić information content (AvgIpc) is 3.33. The standard InChI is InChI=1S/C22H19N3O3S3/c1-12-13(2)30-21-18(12)20(23-11-24-21)29-10-17(26)25-19-15(22(27)28-3)9-16(31-19)14-7-5-4-6-8-14/h4-9,11H,10H2,1-3H3,(H,25,26). The number of nitrogens with zero attached hydrogens (tertiary/aromatic N) is 2. The normalized spacial score (nSPS) is 10.9. The SMILES string of the molecule is COC(=O)c1cc(-c2ccccc2)sc1NC(=O)CSc1ncnc2sc(C)c(C)c12. The smallest absolute Gasteiger partial charge is 0.340 e. The molecule has 0 aliphatic rings. The average molecular weight is 470 g/mol. The second-order valence-electron chi connectivity index (χ2n) is 6.69. The summed E-state index contributed by atoms with van der Waals surface area (Å²) in [5, 5.41) is 5.13. The zero-order chi connectivity index (χ0) is 22.0. The van der Waals surface area contributed by atoms with E-state index >= 15 is 0 Å². The van der Waals surface area contributed by atoms with Crippen molar-refractivity contribution >= 4 is 61.5 Å². The summed E-state index contributed by atoms with van der Waals surface area (Å²) in [5.74, 6) is -0.532. The van der Waals surface area contributed by atoms with E-state index in [-0.39, 0.29) is 11.7 Å². The highest BCUT2D eigenvalue weighted by Crippen LogP contribution is 2.37. The van der Waals surface area contributed by atoms with Crippen LogP contribution in [0.1, 0.15) is 20.8 Å². The van der Waals surface area contributed by atoms with Crippen molar-refractivity contribution in [1.29, 1.82) is 0 Å². The molecule has 0 atom stereocenters. The number of nitrogens with one attached hydrogen (secondary N) is 1. The Kier molecular flexibility index (Phi) is 6.35. The zero-order valence-electron chi connectivity index (χ0n) is 17.1. The minimum atomic E-state index is -0.483. The third-order valence-corrected chi connectivity index (χ3v) is 7.92. The van der Waals surface area contributed by atoms with Crippen molar-refractivity contribution in [3.05, 3.63) is 58.7 Å². The fraction of sp³-hybridized carbons (Fsp3) is 0.182. The third kappa shape index (κ3) is 4.48. The van der Waals surface area contributed by atoms with Gasteiger partial charge in [-0.15, -0.1) is 22.7 Å². The Hall–Kier alpha value is -2.75. The van der Waals surface area contributed by atoms with E-state index in [0.717, 1.165) is 31.2 Å². The summed E-state index contributed by atoms with van der Waals surface area (Å²) in [4.78, 5) is 36.6. The van der Waals surface area contributed by atoms with Crippen LogP contribution in [0.2, 0.25) is 0 Å². The molecule has 1 aromatic carbocycles. The molecule has 31 heavy (non-hydrogen) atoms. The molecule has 0 bridgehead atoms. The summed E-state index contributed by atoms with van der Waals surface area (Å²) in [6, 6.07) is 11.5. The molecule has 0 aliphatic heterocycles. The van der Waals surface area contributed by atoms with Crippen molar-refractivity contribution < 1.29 is 14.3 Å². The number of hydrogen-bond acceptors (Lipinski definition) is 8. The highest BCUT2D eigenvalue weighted by molar-refractivity contribution is 8.00. The van der Waals surface area contributed by atoms with Crippen LogP contribution in [-0.4, -0.2) is 34.7 Å². The van der Waals surface area contributed by atoms with Crippen LogP contribution in [-0.2, 0) is 9.53 Å². The van der Waals surface area contributed by atoms with Crippen LogP contribution in [0.25, 0.3) is 20.7 Å². The first-order valence-corrected chi connectivity index (χ1v) is 12.0. The molecule has 0 fully saturated rings. The fourth-order valence-electron chi connectivity index (χ4n) is 3.05. The summed E-state index contributed by atoms with van der Waals surface area (Å²) in [6.07, 6.45) is 1.53. The summed E-state index contributed by atoms with van der Waals surface area (Å²) < 4.78 is 4.90.